The van der Waals surface area contributed by atoms with Gasteiger partial charge in [0.05, 0.1) is 17.2 Å². The van der Waals surface area contributed by atoms with E-state index < -0.39 is 20.8 Å². The molecule has 2 N–H and O–H groups in total. The van der Waals surface area contributed by atoms with Gasteiger partial charge in [-0.3, -0.25) is 10.1 Å². The normalized spacial score (nSPS) is 13.0. The number of hydrogen-bond acceptors (Lipinski definition) is 8. The van der Waals surface area contributed by atoms with Crippen molar-refractivity contribution in [3.63, 3.8) is 0 Å². The first-order valence-electron chi connectivity index (χ1n) is 6.22. The molecule has 2 aromatic heterocycles. The molecule has 22 heavy (non-hydrogen) atoms. The quantitative estimate of drug-likeness (QED) is 0.582. The lowest BCUT2D eigenvalue weighted by molar-refractivity contribution is -0.383. The first-order valence-corrected chi connectivity index (χ1v) is 8.92. The number of nitro groups is 1. The van der Waals surface area contributed by atoms with Crippen molar-refractivity contribution in [3.8, 4) is 0 Å². The summed E-state index contributed by atoms with van der Waals surface area (Å²) in [7, 11) is -3.54. The molecule has 2 aromatic rings. The molecule has 0 aromatic carbocycles. The highest BCUT2D eigenvalue weighted by Gasteiger charge is 2.26. The maximum absolute atomic E-state index is 11.6. The summed E-state index contributed by atoms with van der Waals surface area (Å²) in [5.74, 6) is 0.498. The summed E-state index contributed by atoms with van der Waals surface area (Å²) in [5.41, 5.74) is -0.320. The standard InChI is InChI=1S/C12H14N2O6S2/c1-22(18,19)11-7-9(14(16)17)12(21-11)13-8(4-5-15)10-3-2-6-20-10/h2-3,6-8,13,15H,4-5H2,1H3. The zero-order chi connectivity index (χ0) is 16.3. The highest BCUT2D eigenvalue weighted by molar-refractivity contribution is 7.92. The monoisotopic (exact) mass is 346 g/mol. The first-order chi connectivity index (χ1) is 10.3. The fourth-order valence-electron chi connectivity index (χ4n) is 1.84. The van der Waals surface area contributed by atoms with E-state index in [0.717, 1.165) is 23.7 Å². The fourth-order valence-corrected chi connectivity index (χ4v) is 3.84. The van der Waals surface area contributed by atoms with Gasteiger partial charge in [-0.1, -0.05) is 11.3 Å². The molecule has 0 saturated heterocycles. The average molecular weight is 346 g/mol. The van der Waals surface area contributed by atoms with Crippen LogP contribution in [-0.2, 0) is 9.84 Å². The van der Waals surface area contributed by atoms with Crippen LogP contribution in [0.2, 0.25) is 0 Å². The Bertz CT molecular complexity index is 751. The van der Waals surface area contributed by atoms with Gasteiger partial charge in [0.1, 0.15) is 9.97 Å². The molecule has 0 fully saturated rings. The topological polar surface area (TPSA) is 123 Å². The predicted octanol–water partition coefficient (Wildman–Crippen LogP) is 2.19. The van der Waals surface area contributed by atoms with Crippen molar-refractivity contribution in [1.82, 2.24) is 0 Å². The van der Waals surface area contributed by atoms with Gasteiger partial charge in [0.2, 0.25) is 0 Å². The summed E-state index contributed by atoms with van der Waals surface area (Å²) in [6.07, 6.45) is 2.70. The van der Waals surface area contributed by atoms with Crippen molar-refractivity contribution >= 4 is 31.9 Å². The SMILES string of the molecule is CS(=O)(=O)c1cc([N+](=O)[O-])c(NC(CCO)c2ccco2)s1. The first kappa shape index (κ1) is 16.5. The molecule has 0 radical (unpaired) electrons. The minimum atomic E-state index is -3.54. The van der Waals surface area contributed by atoms with Crippen LogP contribution in [0.4, 0.5) is 10.7 Å². The summed E-state index contributed by atoms with van der Waals surface area (Å²) in [6, 6.07) is 3.86. The maximum atomic E-state index is 11.6. The van der Waals surface area contributed by atoms with Crippen LogP contribution >= 0.6 is 11.3 Å². The lowest BCUT2D eigenvalue weighted by atomic mass is 10.1. The molecule has 2 rings (SSSR count). The highest BCUT2D eigenvalue weighted by Crippen LogP contribution is 2.39. The van der Waals surface area contributed by atoms with E-state index in [1.165, 1.54) is 6.26 Å². The molecule has 1 atom stereocenters. The van der Waals surface area contributed by atoms with Gasteiger partial charge in [0.15, 0.2) is 14.8 Å². The van der Waals surface area contributed by atoms with Crippen LogP contribution in [0.15, 0.2) is 33.1 Å². The smallest absolute Gasteiger partial charge is 0.304 e. The molecule has 0 bridgehead atoms. The van der Waals surface area contributed by atoms with Gasteiger partial charge in [-0.15, -0.1) is 0 Å². The number of aliphatic hydroxyl groups is 1. The minimum absolute atomic E-state index is 0.0936. The van der Waals surface area contributed by atoms with E-state index in [-0.39, 0.29) is 27.9 Å². The van der Waals surface area contributed by atoms with E-state index in [1.54, 1.807) is 12.1 Å². The van der Waals surface area contributed by atoms with Gasteiger partial charge >= 0.3 is 5.69 Å². The Morgan fingerprint density at radius 3 is 2.77 bits per heavy atom. The van der Waals surface area contributed by atoms with Crippen LogP contribution in [0.1, 0.15) is 18.2 Å². The third-order valence-corrected chi connectivity index (χ3v) is 5.72. The Hall–Kier alpha value is -1.91. The number of nitrogens with zero attached hydrogens (tertiary/aromatic N) is 1. The second-order valence-corrected chi connectivity index (χ2v) is 7.83. The molecule has 120 valence electrons. The molecule has 8 nitrogen and oxygen atoms in total. The number of nitrogens with one attached hydrogen (secondary N) is 1. The van der Waals surface area contributed by atoms with Crippen molar-refractivity contribution in [1.29, 1.82) is 0 Å². The van der Waals surface area contributed by atoms with Crippen LogP contribution in [0.3, 0.4) is 0 Å². The molecular weight excluding hydrogens is 332 g/mol. The van der Waals surface area contributed by atoms with Crippen molar-refractivity contribution < 1.29 is 22.9 Å². The molecule has 0 aliphatic carbocycles. The van der Waals surface area contributed by atoms with E-state index in [1.807, 2.05) is 0 Å². The van der Waals surface area contributed by atoms with E-state index >= 15 is 0 Å². The van der Waals surface area contributed by atoms with Crippen molar-refractivity contribution in [2.45, 2.75) is 16.7 Å². The number of aliphatic hydroxyl groups excluding tert-OH is 1. The lowest BCUT2D eigenvalue weighted by Gasteiger charge is -2.14. The molecule has 2 heterocycles. The van der Waals surface area contributed by atoms with Crippen LogP contribution in [0.5, 0.6) is 0 Å². The molecule has 10 heteroatoms. The van der Waals surface area contributed by atoms with Gasteiger partial charge in [-0.05, 0) is 18.6 Å². The Kier molecular flexibility index (Phi) is 4.84. The number of sulfone groups is 1. The third-order valence-electron chi connectivity index (χ3n) is 2.86. The zero-order valence-corrected chi connectivity index (χ0v) is 13.2. The summed E-state index contributed by atoms with van der Waals surface area (Å²) >= 11 is 0.782. The Balaban J connectivity index is 2.38. The summed E-state index contributed by atoms with van der Waals surface area (Å²) in [6.45, 7) is -0.156. The highest BCUT2D eigenvalue weighted by atomic mass is 32.2. The third kappa shape index (κ3) is 3.64. The van der Waals surface area contributed by atoms with Gasteiger partial charge in [0.25, 0.3) is 0 Å². The number of rotatable bonds is 7. The molecule has 0 amide bonds. The van der Waals surface area contributed by atoms with Crippen molar-refractivity contribution in [2.75, 3.05) is 18.2 Å². The van der Waals surface area contributed by atoms with Crippen LogP contribution in [0, 0.1) is 10.1 Å². The van der Waals surface area contributed by atoms with Crippen LogP contribution < -0.4 is 5.32 Å². The van der Waals surface area contributed by atoms with Gasteiger partial charge in [-0.25, -0.2) is 8.42 Å². The van der Waals surface area contributed by atoms with E-state index in [0.29, 0.717) is 5.76 Å². The second-order valence-electron chi connectivity index (χ2n) is 4.53. The summed E-state index contributed by atoms with van der Waals surface area (Å²) in [5, 5.41) is 23.2. The fraction of sp³-hybridized carbons (Fsp3) is 0.333. The average Bonchev–Trinajstić information content (AvgIpc) is 3.06. The van der Waals surface area contributed by atoms with E-state index in [4.69, 9.17) is 9.52 Å². The number of hydrogen-bond donors (Lipinski definition) is 2. The van der Waals surface area contributed by atoms with Gasteiger partial charge in [-0.2, -0.15) is 0 Å². The van der Waals surface area contributed by atoms with Crippen molar-refractivity contribution in [2.24, 2.45) is 0 Å². The molecule has 0 spiro atoms. The molecule has 0 saturated carbocycles. The van der Waals surface area contributed by atoms with Crippen LogP contribution in [-0.4, -0.2) is 31.3 Å². The van der Waals surface area contributed by atoms with E-state index in [2.05, 4.69) is 5.32 Å². The molecule has 1 unspecified atom stereocenters. The lowest BCUT2D eigenvalue weighted by Crippen LogP contribution is -2.11. The number of anilines is 1. The Morgan fingerprint density at radius 2 is 2.27 bits per heavy atom. The number of furan rings is 1. The summed E-state index contributed by atoms with van der Waals surface area (Å²) in [4.78, 5) is 10.4. The Labute approximate surface area is 130 Å². The molecule has 0 aliphatic rings. The second kappa shape index (κ2) is 6.46. The minimum Gasteiger partial charge on any atom is -0.467 e. The molecular formula is C12H14N2O6S2. The largest absolute Gasteiger partial charge is 0.467 e. The summed E-state index contributed by atoms with van der Waals surface area (Å²) < 4.78 is 28.3. The zero-order valence-electron chi connectivity index (χ0n) is 11.6. The van der Waals surface area contributed by atoms with Gasteiger partial charge in [0, 0.05) is 18.9 Å². The maximum Gasteiger partial charge on any atom is 0.304 e. The van der Waals surface area contributed by atoms with Gasteiger partial charge < -0.3 is 14.8 Å². The van der Waals surface area contributed by atoms with Crippen molar-refractivity contribution in [3.05, 3.63) is 40.3 Å². The van der Waals surface area contributed by atoms with E-state index in [9.17, 15) is 18.5 Å². The number of thiophene rings is 1. The molecule has 0 aliphatic heterocycles. The predicted molar refractivity (Wildman–Crippen MR) is 80.9 cm³/mol. The Morgan fingerprint density at radius 1 is 1.55 bits per heavy atom. The van der Waals surface area contributed by atoms with Crippen LogP contribution in [0.25, 0.3) is 0 Å².